The Labute approximate surface area is 168 Å². The van der Waals surface area contributed by atoms with Crippen molar-refractivity contribution in [1.82, 2.24) is 0 Å². The van der Waals surface area contributed by atoms with Crippen LogP contribution in [0.2, 0.25) is 0 Å². The fourth-order valence-corrected chi connectivity index (χ4v) is 5.99. The van der Waals surface area contributed by atoms with E-state index >= 15 is 0 Å². The van der Waals surface area contributed by atoms with E-state index in [0.29, 0.717) is 11.8 Å². The Hall–Kier alpha value is -1.81. The predicted octanol–water partition coefficient (Wildman–Crippen LogP) is 3.12. The Bertz CT molecular complexity index is 745. The number of hydrogen-bond donors (Lipinski definition) is 1. The lowest BCUT2D eigenvalue weighted by Crippen LogP contribution is -2.86. The zero-order chi connectivity index (χ0) is 19.7. The summed E-state index contributed by atoms with van der Waals surface area (Å²) in [6, 6.07) is 8.16. The maximum Gasteiger partial charge on any atom is 0.315 e. The number of quaternary nitrogens is 1. The van der Waals surface area contributed by atoms with Crippen LogP contribution in [0.15, 0.2) is 36.4 Å². The molecule has 0 radical (unpaired) electrons. The third-order valence-electron chi connectivity index (χ3n) is 7.55. The summed E-state index contributed by atoms with van der Waals surface area (Å²) in [6.07, 6.45) is 6.79. The van der Waals surface area contributed by atoms with Crippen LogP contribution in [-0.4, -0.2) is 32.3 Å². The third-order valence-corrected chi connectivity index (χ3v) is 7.55. The van der Waals surface area contributed by atoms with Crippen molar-refractivity contribution >= 4 is 5.97 Å². The summed E-state index contributed by atoms with van der Waals surface area (Å²) in [5.41, 5.74) is 2.91. The van der Waals surface area contributed by atoms with Crippen LogP contribution in [0.1, 0.15) is 44.6 Å². The summed E-state index contributed by atoms with van der Waals surface area (Å²) in [4.78, 5) is 12.6. The molecule has 2 aliphatic carbocycles. The lowest BCUT2D eigenvalue weighted by Gasteiger charge is -2.49. The number of para-hydroxylation sites is 1. The Balaban J connectivity index is 1.35. The van der Waals surface area contributed by atoms with Crippen molar-refractivity contribution in [2.75, 3.05) is 20.2 Å². The van der Waals surface area contributed by atoms with Gasteiger partial charge in [0, 0.05) is 12.3 Å². The summed E-state index contributed by atoms with van der Waals surface area (Å²) in [6.45, 7) is 8.55. The van der Waals surface area contributed by atoms with Crippen molar-refractivity contribution in [1.29, 1.82) is 0 Å². The number of hydrogen-bond acceptors (Lipinski definition) is 3. The van der Waals surface area contributed by atoms with Gasteiger partial charge in [0.05, 0.1) is 20.2 Å². The average Bonchev–Trinajstić information content (AvgIpc) is 2.97. The van der Waals surface area contributed by atoms with Gasteiger partial charge in [0.1, 0.15) is 17.8 Å². The van der Waals surface area contributed by atoms with E-state index in [-0.39, 0.29) is 23.4 Å². The third kappa shape index (κ3) is 3.59. The maximum atomic E-state index is 12.6. The van der Waals surface area contributed by atoms with Gasteiger partial charge in [0.15, 0.2) is 0 Å². The van der Waals surface area contributed by atoms with E-state index in [0.717, 1.165) is 44.5 Å². The van der Waals surface area contributed by atoms with E-state index in [1.54, 1.807) is 7.11 Å². The molecule has 2 saturated carbocycles. The number of allylic oxidation sites excluding steroid dienone is 1. The fraction of sp³-hybridized carbons (Fsp3) is 0.625. The number of ether oxygens (including phenoxy) is 2. The Morgan fingerprint density at radius 2 is 2.18 bits per heavy atom. The second-order valence-electron chi connectivity index (χ2n) is 9.28. The highest BCUT2D eigenvalue weighted by Crippen LogP contribution is 2.56. The van der Waals surface area contributed by atoms with Gasteiger partial charge in [-0.25, -0.2) is 0 Å². The molecule has 3 fully saturated rings. The van der Waals surface area contributed by atoms with Crippen molar-refractivity contribution in [2.24, 2.45) is 23.2 Å². The molecule has 4 heteroatoms. The molecular formula is C24H34NO3+. The standard InChI is InChI=1S/C24H33NO3/c1-16-7-6-11-24(2)14-22-18(13-20(16)24)19(23(26)28-22)15-25-12-10-17-8-4-5-9-21(17)27-3/h4-5,8-9,18-20,22,25H,1,6-7,10-15H2,2-3H3/p+1/t18-,19-,20-,22-,24-/m1/s1. The topological polar surface area (TPSA) is 52.1 Å². The van der Waals surface area contributed by atoms with Gasteiger partial charge in [0.2, 0.25) is 0 Å². The van der Waals surface area contributed by atoms with Crippen molar-refractivity contribution in [3.8, 4) is 5.75 Å². The molecule has 4 nitrogen and oxygen atoms in total. The molecule has 1 aromatic rings. The zero-order valence-corrected chi connectivity index (χ0v) is 17.3. The monoisotopic (exact) mass is 384 g/mol. The van der Waals surface area contributed by atoms with Gasteiger partial charge < -0.3 is 14.8 Å². The van der Waals surface area contributed by atoms with E-state index in [2.05, 4.69) is 24.9 Å². The first kappa shape index (κ1) is 19.5. The average molecular weight is 385 g/mol. The Morgan fingerprint density at radius 1 is 1.36 bits per heavy atom. The highest BCUT2D eigenvalue weighted by atomic mass is 16.6. The molecule has 1 saturated heterocycles. The molecule has 0 bridgehead atoms. The van der Waals surface area contributed by atoms with Crippen molar-refractivity contribution in [2.45, 2.75) is 51.6 Å². The molecular weight excluding hydrogens is 350 g/mol. The van der Waals surface area contributed by atoms with Crippen LogP contribution in [0.25, 0.3) is 0 Å². The largest absolute Gasteiger partial charge is 0.496 e. The lowest BCUT2D eigenvalue weighted by atomic mass is 9.55. The van der Waals surface area contributed by atoms with Gasteiger partial charge in [-0.2, -0.15) is 0 Å². The van der Waals surface area contributed by atoms with Crippen LogP contribution in [0, 0.1) is 23.2 Å². The minimum absolute atomic E-state index is 0.0244. The van der Waals surface area contributed by atoms with Gasteiger partial charge in [-0.1, -0.05) is 37.3 Å². The van der Waals surface area contributed by atoms with Crippen LogP contribution in [-0.2, 0) is 16.0 Å². The smallest absolute Gasteiger partial charge is 0.315 e. The van der Waals surface area contributed by atoms with Crippen LogP contribution in [0.4, 0.5) is 0 Å². The molecule has 0 spiro atoms. The number of esters is 1. The highest BCUT2D eigenvalue weighted by Gasteiger charge is 2.55. The van der Waals surface area contributed by atoms with Crippen LogP contribution in [0.3, 0.4) is 0 Å². The Kier molecular flexibility index (Phi) is 5.50. The number of rotatable bonds is 6. The molecule has 1 aromatic carbocycles. The summed E-state index contributed by atoms with van der Waals surface area (Å²) < 4.78 is 11.3. The molecule has 2 N–H and O–H groups in total. The Morgan fingerprint density at radius 3 is 3.00 bits per heavy atom. The molecule has 0 aromatic heterocycles. The fourth-order valence-electron chi connectivity index (χ4n) is 5.99. The first-order chi connectivity index (χ1) is 13.5. The van der Waals surface area contributed by atoms with Crippen molar-refractivity contribution in [3.05, 3.63) is 42.0 Å². The highest BCUT2D eigenvalue weighted by molar-refractivity contribution is 5.75. The van der Waals surface area contributed by atoms with Crippen LogP contribution < -0.4 is 10.1 Å². The molecule has 5 atom stereocenters. The molecule has 0 amide bonds. The van der Waals surface area contributed by atoms with E-state index < -0.39 is 0 Å². The molecule has 28 heavy (non-hydrogen) atoms. The number of benzene rings is 1. The van der Waals surface area contributed by atoms with Gasteiger partial charge >= 0.3 is 5.97 Å². The number of methoxy groups -OCH3 is 1. The molecule has 152 valence electrons. The molecule has 0 unspecified atom stereocenters. The molecule has 1 heterocycles. The maximum absolute atomic E-state index is 12.6. The minimum atomic E-state index is 0.0244. The summed E-state index contributed by atoms with van der Waals surface area (Å²) in [7, 11) is 1.72. The molecule has 1 aliphatic heterocycles. The SMILES string of the molecule is C=C1CCC[C@]2(C)C[C@H]3OC(=O)[C@H](C[NH2+]CCc4ccccc4OC)[C@H]3C[C@H]12. The second kappa shape index (κ2) is 7.90. The van der Waals surface area contributed by atoms with E-state index in [4.69, 9.17) is 9.47 Å². The normalized spacial score (nSPS) is 34.5. The van der Waals surface area contributed by atoms with E-state index in [1.165, 1.54) is 24.0 Å². The first-order valence-corrected chi connectivity index (χ1v) is 10.8. The number of carbonyl (C=O) groups excluding carboxylic acids is 1. The van der Waals surface area contributed by atoms with Gasteiger partial charge in [-0.05, 0) is 55.1 Å². The summed E-state index contributed by atoms with van der Waals surface area (Å²) in [5.74, 6) is 1.92. The number of nitrogens with two attached hydrogens (primary N) is 1. The summed E-state index contributed by atoms with van der Waals surface area (Å²) in [5, 5.41) is 2.28. The molecule has 4 rings (SSSR count). The van der Waals surface area contributed by atoms with E-state index in [1.807, 2.05) is 18.2 Å². The minimum Gasteiger partial charge on any atom is -0.496 e. The second-order valence-corrected chi connectivity index (χ2v) is 9.28. The molecule has 3 aliphatic rings. The van der Waals surface area contributed by atoms with Crippen molar-refractivity contribution in [3.63, 3.8) is 0 Å². The predicted molar refractivity (Wildman–Crippen MR) is 109 cm³/mol. The van der Waals surface area contributed by atoms with E-state index in [9.17, 15) is 4.79 Å². The van der Waals surface area contributed by atoms with Crippen LogP contribution >= 0.6 is 0 Å². The lowest BCUT2D eigenvalue weighted by molar-refractivity contribution is -0.658. The number of carbonyl (C=O) groups is 1. The van der Waals surface area contributed by atoms with Gasteiger partial charge in [0.25, 0.3) is 0 Å². The quantitative estimate of drug-likeness (QED) is 0.466. The number of fused-ring (bicyclic) bond motifs is 2. The van der Waals surface area contributed by atoms with Crippen molar-refractivity contribution < 1.29 is 19.6 Å². The van der Waals surface area contributed by atoms with Crippen LogP contribution in [0.5, 0.6) is 5.75 Å². The summed E-state index contributed by atoms with van der Waals surface area (Å²) >= 11 is 0. The van der Waals surface area contributed by atoms with Gasteiger partial charge in [-0.3, -0.25) is 4.79 Å². The first-order valence-electron chi connectivity index (χ1n) is 10.8. The zero-order valence-electron chi connectivity index (χ0n) is 17.3. The van der Waals surface area contributed by atoms with Gasteiger partial charge in [-0.15, -0.1) is 0 Å².